The third kappa shape index (κ3) is 2.47. The minimum absolute atomic E-state index is 0.0214. The molecule has 0 radical (unpaired) electrons. The summed E-state index contributed by atoms with van der Waals surface area (Å²) in [5, 5.41) is 16.6. The van der Waals surface area contributed by atoms with Gasteiger partial charge in [0.1, 0.15) is 0 Å². The van der Waals surface area contributed by atoms with Crippen molar-refractivity contribution in [2.75, 3.05) is 18.0 Å². The number of aromatic carboxylic acids is 1. The second kappa shape index (κ2) is 5.28. The molecule has 5 nitrogen and oxygen atoms in total. The molecule has 1 aliphatic rings. The van der Waals surface area contributed by atoms with Crippen molar-refractivity contribution < 1.29 is 9.90 Å². The minimum Gasteiger partial charge on any atom is -0.476 e. The molecule has 0 saturated heterocycles. The van der Waals surface area contributed by atoms with Crippen molar-refractivity contribution in [3.05, 3.63) is 53.2 Å². The van der Waals surface area contributed by atoms with Crippen LogP contribution in [0, 0.1) is 0 Å². The molecule has 0 fully saturated rings. The Balaban J connectivity index is 1.78. The molecular formula is C15H15N3O2. The standard InChI is InChI=1S/C15H15N3O2/c19-15(20)13-5-6-14(17-16-13)18-9-7-11-3-1-2-4-12(11)8-10-18/h1-6H,7-10H2,(H,19,20). The number of carboxylic acid groups (broad SMARTS) is 1. The van der Waals surface area contributed by atoms with E-state index in [0.29, 0.717) is 0 Å². The zero-order valence-electron chi connectivity index (χ0n) is 11.0. The quantitative estimate of drug-likeness (QED) is 0.900. The van der Waals surface area contributed by atoms with E-state index in [1.54, 1.807) is 6.07 Å². The first-order valence-corrected chi connectivity index (χ1v) is 6.63. The van der Waals surface area contributed by atoms with Gasteiger partial charge in [0.2, 0.25) is 0 Å². The summed E-state index contributed by atoms with van der Waals surface area (Å²) in [6.45, 7) is 1.75. The van der Waals surface area contributed by atoms with E-state index in [1.165, 1.54) is 17.2 Å². The van der Waals surface area contributed by atoms with E-state index in [4.69, 9.17) is 5.11 Å². The Kier molecular flexibility index (Phi) is 3.33. The van der Waals surface area contributed by atoms with Gasteiger partial charge in [-0.05, 0) is 36.1 Å². The number of hydrogen-bond acceptors (Lipinski definition) is 4. The number of anilines is 1. The van der Waals surface area contributed by atoms with Gasteiger partial charge in [0.05, 0.1) is 0 Å². The molecule has 20 heavy (non-hydrogen) atoms. The molecule has 0 unspecified atom stereocenters. The lowest BCUT2D eigenvalue weighted by Crippen LogP contribution is -2.27. The Morgan fingerprint density at radius 3 is 2.15 bits per heavy atom. The van der Waals surface area contributed by atoms with Crippen molar-refractivity contribution in [3.63, 3.8) is 0 Å². The summed E-state index contributed by atoms with van der Waals surface area (Å²) < 4.78 is 0. The molecule has 0 bridgehead atoms. The Morgan fingerprint density at radius 1 is 1.00 bits per heavy atom. The number of fused-ring (bicyclic) bond motifs is 1. The van der Waals surface area contributed by atoms with E-state index in [0.717, 1.165) is 31.7 Å². The number of carboxylic acids is 1. The summed E-state index contributed by atoms with van der Waals surface area (Å²) in [4.78, 5) is 12.9. The number of rotatable bonds is 2. The molecule has 5 heteroatoms. The fourth-order valence-corrected chi connectivity index (χ4v) is 2.50. The summed E-state index contributed by atoms with van der Waals surface area (Å²) in [7, 11) is 0. The van der Waals surface area contributed by atoms with Crippen LogP contribution in [0.2, 0.25) is 0 Å². The average Bonchev–Trinajstić information content (AvgIpc) is 2.70. The van der Waals surface area contributed by atoms with Crippen LogP contribution in [0.5, 0.6) is 0 Å². The van der Waals surface area contributed by atoms with Crippen molar-refractivity contribution >= 4 is 11.8 Å². The van der Waals surface area contributed by atoms with Gasteiger partial charge in [0.15, 0.2) is 11.5 Å². The van der Waals surface area contributed by atoms with Crippen LogP contribution >= 0.6 is 0 Å². The van der Waals surface area contributed by atoms with Gasteiger partial charge in [0, 0.05) is 13.1 Å². The van der Waals surface area contributed by atoms with Gasteiger partial charge < -0.3 is 10.0 Å². The van der Waals surface area contributed by atoms with Gasteiger partial charge in [-0.1, -0.05) is 24.3 Å². The highest BCUT2D eigenvalue weighted by Gasteiger charge is 2.15. The zero-order chi connectivity index (χ0) is 13.9. The molecule has 1 N–H and O–H groups in total. The van der Waals surface area contributed by atoms with E-state index >= 15 is 0 Å². The second-order valence-corrected chi connectivity index (χ2v) is 4.84. The maximum Gasteiger partial charge on any atom is 0.356 e. The summed E-state index contributed by atoms with van der Waals surface area (Å²) in [6.07, 6.45) is 1.94. The van der Waals surface area contributed by atoms with E-state index in [2.05, 4.69) is 39.4 Å². The highest BCUT2D eigenvalue weighted by atomic mass is 16.4. The topological polar surface area (TPSA) is 66.3 Å². The molecular weight excluding hydrogens is 254 g/mol. The van der Waals surface area contributed by atoms with Crippen molar-refractivity contribution in [3.8, 4) is 0 Å². The third-order valence-corrected chi connectivity index (χ3v) is 3.61. The van der Waals surface area contributed by atoms with Gasteiger partial charge in [-0.3, -0.25) is 0 Å². The molecule has 1 aliphatic heterocycles. The molecule has 0 saturated carbocycles. The number of nitrogens with zero attached hydrogens (tertiary/aromatic N) is 3. The van der Waals surface area contributed by atoms with E-state index < -0.39 is 5.97 Å². The average molecular weight is 269 g/mol. The van der Waals surface area contributed by atoms with Gasteiger partial charge in [-0.15, -0.1) is 10.2 Å². The molecule has 1 aromatic heterocycles. The first-order chi connectivity index (χ1) is 9.74. The molecule has 1 aromatic carbocycles. The predicted molar refractivity (Wildman–Crippen MR) is 75.1 cm³/mol. The fourth-order valence-electron chi connectivity index (χ4n) is 2.50. The van der Waals surface area contributed by atoms with Crippen molar-refractivity contribution in [2.24, 2.45) is 0 Å². The lowest BCUT2D eigenvalue weighted by molar-refractivity contribution is 0.0689. The molecule has 3 rings (SSSR count). The summed E-state index contributed by atoms with van der Waals surface area (Å²) in [5.41, 5.74) is 2.74. The number of aromatic nitrogens is 2. The first-order valence-electron chi connectivity index (χ1n) is 6.63. The Hall–Kier alpha value is -2.43. The van der Waals surface area contributed by atoms with E-state index in [-0.39, 0.29) is 5.69 Å². The highest BCUT2D eigenvalue weighted by Crippen LogP contribution is 2.19. The second-order valence-electron chi connectivity index (χ2n) is 4.84. The third-order valence-electron chi connectivity index (χ3n) is 3.61. The van der Waals surface area contributed by atoms with Gasteiger partial charge in [-0.25, -0.2) is 4.79 Å². The largest absolute Gasteiger partial charge is 0.476 e. The zero-order valence-corrected chi connectivity index (χ0v) is 11.0. The summed E-state index contributed by atoms with van der Waals surface area (Å²) in [5.74, 6) is -0.310. The molecule has 102 valence electrons. The molecule has 0 amide bonds. The van der Waals surface area contributed by atoms with Crippen molar-refractivity contribution in [1.29, 1.82) is 0 Å². The molecule has 2 aromatic rings. The van der Waals surface area contributed by atoms with Gasteiger partial charge in [0.25, 0.3) is 0 Å². The lowest BCUT2D eigenvalue weighted by atomic mass is 10.0. The highest BCUT2D eigenvalue weighted by molar-refractivity contribution is 5.85. The van der Waals surface area contributed by atoms with E-state index in [9.17, 15) is 4.79 Å². The number of benzene rings is 1. The molecule has 2 heterocycles. The Morgan fingerprint density at radius 2 is 1.65 bits per heavy atom. The minimum atomic E-state index is -1.05. The fraction of sp³-hybridized carbons (Fsp3) is 0.267. The molecule has 0 atom stereocenters. The maximum absolute atomic E-state index is 10.8. The SMILES string of the molecule is O=C(O)c1ccc(N2CCc3ccccc3CC2)nn1. The van der Waals surface area contributed by atoms with Crippen LogP contribution in [0.15, 0.2) is 36.4 Å². The van der Waals surface area contributed by atoms with E-state index in [1.807, 2.05) is 0 Å². The van der Waals surface area contributed by atoms with Crippen LogP contribution in [0.3, 0.4) is 0 Å². The van der Waals surface area contributed by atoms with Crippen molar-refractivity contribution in [1.82, 2.24) is 10.2 Å². The maximum atomic E-state index is 10.8. The Labute approximate surface area is 116 Å². The van der Waals surface area contributed by atoms with Crippen LogP contribution in [-0.2, 0) is 12.8 Å². The normalized spacial score (nSPS) is 14.5. The Bertz CT molecular complexity index is 598. The van der Waals surface area contributed by atoms with Crippen LogP contribution in [0.1, 0.15) is 21.6 Å². The van der Waals surface area contributed by atoms with Crippen LogP contribution in [0.4, 0.5) is 5.82 Å². The van der Waals surface area contributed by atoms with Gasteiger partial charge in [-0.2, -0.15) is 0 Å². The molecule has 0 aliphatic carbocycles. The number of hydrogen-bond donors (Lipinski definition) is 1. The molecule has 0 spiro atoms. The number of carbonyl (C=O) groups is 1. The summed E-state index contributed by atoms with van der Waals surface area (Å²) >= 11 is 0. The smallest absolute Gasteiger partial charge is 0.356 e. The van der Waals surface area contributed by atoms with Crippen LogP contribution in [0.25, 0.3) is 0 Å². The lowest BCUT2D eigenvalue weighted by Gasteiger charge is -2.20. The predicted octanol–water partition coefficient (Wildman–Crippen LogP) is 1.78. The van der Waals surface area contributed by atoms with Crippen LogP contribution in [-0.4, -0.2) is 34.4 Å². The van der Waals surface area contributed by atoms with Crippen molar-refractivity contribution in [2.45, 2.75) is 12.8 Å². The van der Waals surface area contributed by atoms with Gasteiger partial charge >= 0.3 is 5.97 Å². The first kappa shape index (κ1) is 12.6. The van der Waals surface area contributed by atoms with Crippen LogP contribution < -0.4 is 4.90 Å². The monoisotopic (exact) mass is 269 g/mol. The summed E-state index contributed by atoms with van der Waals surface area (Å²) in [6, 6.07) is 11.7.